The number of amides is 1. The van der Waals surface area contributed by atoms with Gasteiger partial charge in [-0.15, -0.1) is 11.3 Å². The van der Waals surface area contributed by atoms with E-state index < -0.39 is 0 Å². The third-order valence-electron chi connectivity index (χ3n) is 3.09. The first-order valence-electron chi connectivity index (χ1n) is 5.34. The smallest absolute Gasteiger partial charge is 0.227 e. The normalized spacial score (nSPS) is 19.2. The van der Waals surface area contributed by atoms with Crippen molar-refractivity contribution in [2.24, 2.45) is 11.1 Å². The van der Waals surface area contributed by atoms with E-state index in [1.807, 2.05) is 19.1 Å². The van der Waals surface area contributed by atoms with Crippen molar-refractivity contribution < 1.29 is 4.79 Å². The van der Waals surface area contributed by atoms with Gasteiger partial charge in [-0.1, -0.05) is 11.6 Å². The van der Waals surface area contributed by atoms with Gasteiger partial charge in [-0.25, -0.2) is 0 Å². The molecule has 1 aromatic rings. The zero-order valence-electron chi connectivity index (χ0n) is 9.13. The predicted octanol–water partition coefficient (Wildman–Crippen LogP) is 2.32. The molecular formula is C11H15ClN2OS. The van der Waals surface area contributed by atoms with Crippen molar-refractivity contribution in [2.45, 2.75) is 25.8 Å². The lowest BCUT2D eigenvalue weighted by Gasteiger charge is -2.17. The summed E-state index contributed by atoms with van der Waals surface area (Å²) in [5.41, 5.74) is 5.33. The largest absolute Gasteiger partial charge is 0.348 e. The Morgan fingerprint density at radius 3 is 2.81 bits per heavy atom. The summed E-state index contributed by atoms with van der Waals surface area (Å²) in [6.45, 7) is 2.41. The topological polar surface area (TPSA) is 55.1 Å². The van der Waals surface area contributed by atoms with E-state index in [0.29, 0.717) is 6.54 Å². The Balaban J connectivity index is 1.97. The minimum atomic E-state index is -0.282. The van der Waals surface area contributed by atoms with Gasteiger partial charge >= 0.3 is 0 Å². The van der Waals surface area contributed by atoms with Gasteiger partial charge in [0.25, 0.3) is 0 Å². The number of rotatable bonds is 4. The predicted molar refractivity (Wildman–Crippen MR) is 66.6 cm³/mol. The van der Waals surface area contributed by atoms with E-state index >= 15 is 0 Å². The van der Waals surface area contributed by atoms with E-state index in [1.165, 1.54) is 11.3 Å². The van der Waals surface area contributed by atoms with Gasteiger partial charge in [-0.3, -0.25) is 4.79 Å². The fourth-order valence-corrected chi connectivity index (χ4v) is 2.72. The molecule has 1 aliphatic carbocycles. The maximum absolute atomic E-state index is 11.9. The first-order chi connectivity index (χ1) is 7.57. The van der Waals surface area contributed by atoms with Gasteiger partial charge in [0.15, 0.2) is 0 Å². The molecule has 1 aromatic heterocycles. The fraction of sp³-hybridized carbons (Fsp3) is 0.545. The van der Waals surface area contributed by atoms with Crippen LogP contribution in [0.4, 0.5) is 0 Å². The molecule has 3 nitrogen and oxygen atoms in total. The van der Waals surface area contributed by atoms with Crippen LogP contribution in [-0.2, 0) is 4.79 Å². The van der Waals surface area contributed by atoms with Crippen molar-refractivity contribution in [3.05, 3.63) is 21.3 Å². The zero-order valence-corrected chi connectivity index (χ0v) is 10.7. The summed E-state index contributed by atoms with van der Waals surface area (Å²) >= 11 is 7.35. The number of nitrogens with one attached hydrogen (secondary N) is 1. The summed E-state index contributed by atoms with van der Waals surface area (Å²) in [6.07, 6.45) is 1.82. The van der Waals surface area contributed by atoms with Gasteiger partial charge in [0, 0.05) is 11.4 Å². The monoisotopic (exact) mass is 258 g/mol. The van der Waals surface area contributed by atoms with Crippen LogP contribution < -0.4 is 11.1 Å². The van der Waals surface area contributed by atoms with Crippen molar-refractivity contribution in [3.63, 3.8) is 0 Å². The summed E-state index contributed by atoms with van der Waals surface area (Å²) in [5, 5.41) is 3.00. The van der Waals surface area contributed by atoms with E-state index in [9.17, 15) is 4.79 Å². The number of halogens is 1. The lowest BCUT2D eigenvalue weighted by molar-refractivity contribution is -0.126. The highest BCUT2D eigenvalue weighted by molar-refractivity contribution is 7.16. The Hall–Kier alpha value is -0.580. The Kier molecular flexibility index (Phi) is 3.24. The van der Waals surface area contributed by atoms with E-state index in [2.05, 4.69) is 5.32 Å². The molecule has 1 aliphatic rings. The highest BCUT2D eigenvalue weighted by Gasteiger charge is 2.48. The summed E-state index contributed by atoms with van der Waals surface area (Å²) in [7, 11) is 0. The molecule has 1 saturated carbocycles. The third-order valence-corrected chi connectivity index (χ3v) is 4.51. The number of carbonyl (C=O) groups is 1. The third kappa shape index (κ3) is 2.24. The van der Waals surface area contributed by atoms with Crippen LogP contribution in [0.3, 0.4) is 0 Å². The second kappa shape index (κ2) is 4.35. The lowest BCUT2D eigenvalue weighted by Crippen LogP contribution is -2.37. The average molecular weight is 259 g/mol. The van der Waals surface area contributed by atoms with Crippen LogP contribution in [0.25, 0.3) is 0 Å². The average Bonchev–Trinajstić information content (AvgIpc) is 2.95. The number of hydrogen-bond donors (Lipinski definition) is 2. The maximum Gasteiger partial charge on any atom is 0.227 e. The molecule has 0 spiro atoms. The molecule has 88 valence electrons. The molecule has 2 rings (SSSR count). The van der Waals surface area contributed by atoms with Gasteiger partial charge in [0.2, 0.25) is 5.91 Å². The van der Waals surface area contributed by atoms with Crippen molar-refractivity contribution >= 4 is 28.8 Å². The summed E-state index contributed by atoms with van der Waals surface area (Å²) in [4.78, 5) is 13.0. The second-order valence-electron chi connectivity index (χ2n) is 4.32. The Morgan fingerprint density at radius 2 is 2.38 bits per heavy atom. The van der Waals surface area contributed by atoms with E-state index in [4.69, 9.17) is 17.3 Å². The van der Waals surface area contributed by atoms with Gasteiger partial charge < -0.3 is 11.1 Å². The van der Waals surface area contributed by atoms with E-state index in [-0.39, 0.29) is 17.4 Å². The molecule has 1 fully saturated rings. The molecule has 1 atom stereocenters. The van der Waals surface area contributed by atoms with Gasteiger partial charge in [0.05, 0.1) is 15.8 Å². The summed E-state index contributed by atoms with van der Waals surface area (Å²) in [6, 6.07) is 3.80. The second-order valence-corrected chi connectivity index (χ2v) is 6.07. The van der Waals surface area contributed by atoms with E-state index in [1.54, 1.807) is 0 Å². The van der Waals surface area contributed by atoms with Crippen molar-refractivity contribution in [3.8, 4) is 0 Å². The van der Waals surface area contributed by atoms with Crippen molar-refractivity contribution in [2.75, 3.05) is 6.54 Å². The van der Waals surface area contributed by atoms with Crippen LogP contribution in [0.2, 0.25) is 4.34 Å². The minimum Gasteiger partial charge on any atom is -0.348 e. The molecule has 1 heterocycles. The maximum atomic E-state index is 11.9. The van der Waals surface area contributed by atoms with Crippen LogP contribution >= 0.6 is 22.9 Å². The van der Waals surface area contributed by atoms with Gasteiger partial charge in [-0.05, 0) is 31.9 Å². The molecule has 3 N–H and O–H groups in total. The molecule has 0 bridgehead atoms. The van der Waals surface area contributed by atoms with Crippen LogP contribution in [0, 0.1) is 5.41 Å². The van der Waals surface area contributed by atoms with Crippen LogP contribution in [0.5, 0.6) is 0 Å². The zero-order chi connectivity index (χ0) is 11.8. The highest BCUT2D eigenvalue weighted by Crippen LogP contribution is 2.45. The molecule has 16 heavy (non-hydrogen) atoms. The molecule has 0 aromatic carbocycles. The molecular weight excluding hydrogens is 244 g/mol. The van der Waals surface area contributed by atoms with Crippen LogP contribution in [-0.4, -0.2) is 12.5 Å². The number of hydrogen-bond acceptors (Lipinski definition) is 3. The first kappa shape index (κ1) is 11.9. The van der Waals surface area contributed by atoms with Crippen LogP contribution in [0.15, 0.2) is 12.1 Å². The molecule has 0 saturated heterocycles. The number of nitrogens with two attached hydrogens (primary N) is 1. The standard InChI is InChI=1S/C11H15ClN2OS/c1-7(8-2-3-9(12)16-8)14-10(15)11(6-13)4-5-11/h2-3,7H,4-6,13H2,1H3,(H,14,15). The van der Waals surface area contributed by atoms with Gasteiger partial charge in [0.1, 0.15) is 0 Å². The summed E-state index contributed by atoms with van der Waals surface area (Å²) in [5.74, 6) is 0.0759. The number of thiophene rings is 1. The Bertz CT molecular complexity index is 400. The molecule has 5 heteroatoms. The molecule has 0 aliphatic heterocycles. The Labute approximate surface area is 104 Å². The first-order valence-corrected chi connectivity index (χ1v) is 6.53. The number of carbonyl (C=O) groups excluding carboxylic acids is 1. The molecule has 0 radical (unpaired) electrons. The molecule has 1 amide bonds. The SMILES string of the molecule is CC(NC(=O)C1(CN)CC1)c1ccc(Cl)s1. The lowest BCUT2D eigenvalue weighted by atomic mass is 10.1. The van der Waals surface area contributed by atoms with Crippen molar-refractivity contribution in [1.82, 2.24) is 5.32 Å². The molecule has 1 unspecified atom stereocenters. The highest BCUT2D eigenvalue weighted by atomic mass is 35.5. The Morgan fingerprint density at radius 1 is 1.69 bits per heavy atom. The van der Waals surface area contributed by atoms with Gasteiger partial charge in [-0.2, -0.15) is 0 Å². The quantitative estimate of drug-likeness (QED) is 0.871. The van der Waals surface area contributed by atoms with E-state index in [0.717, 1.165) is 22.1 Å². The van der Waals surface area contributed by atoms with Crippen LogP contribution in [0.1, 0.15) is 30.7 Å². The van der Waals surface area contributed by atoms with Crippen molar-refractivity contribution in [1.29, 1.82) is 0 Å². The minimum absolute atomic E-state index is 0.00836. The summed E-state index contributed by atoms with van der Waals surface area (Å²) < 4.78 is 0.746. The fourth-order valence-electron chi connectivity index (χ4n) is 1.66.